The molecule has 0 aliphatic carbocycles. The highest BCUT2D eigenvalue weighted by molar-refractivity contribution is 9.10. The summed E-state index contributed by atoms with van der Waals surface area (Å²) in [5.74, 6) is -0.340. The molecule has 0 saturated carbocycles. The van der Waals surface area contributed by atoms with Crippen LogP contribution in [-0.2, 0) is 11.3 Å². The van der Waals surface area contributed by atoms with Crippen LogP contribution in [0.25, 0.3) is 0 Å². The van der Waals surface area contributed by atoms with E-state index in [9.17, 15) is 14.0 Å². The second kappa shape index (κ2) is 10.8. The van der Waals surface area contributed by atoms with Crippen LogP contribution < -0.4 is 10.1 Å². The molecule has 0 radical (unpaired) electrons. The Labute approximate surface area is 173 Å². The summed E-state index contributed by atoms with van der Waals surface area (Å²) < 4.78 is 20.1. The number of likely N-dealkylation sites (N-methyl/N-ethyl adjacent to an activating group) is 1. The molecule has 0 fully saturated rings. The first kappa shape index (κ1) is 21.9. The maximum atomic E-state index is 13.8. The van der Waals surface area contributed by atoms with Crippen LogP contribution in [0.5, 0.6) is 5.75 Å². The van der Waals surface area contributed by atoms with Crippen LogP contribution in [0, 0.1) is 5.82 Å². The summed E-state index contributed by atoms with van der Waals surface area (Å²) in [6.07, 6.45) is 2.03. The van der Waals surface area contributed by atoms with E-state index < -0.39 is 0 Å². The lowest BCUT2D eigenvalue weighted by molar-refractivity contribution is -0.129. The molecule has 0 bridgehead atoms. The molecular weight excluding hydrogens is 427 g/mol. The van der Waals surface area contributed by atoms with E-state index in [0.29, 0.717) is 23.5 Å². The molecule has 0 heterocycles. The Bertz CT molecular complexity index is 812. The fraction of sp³-hybridized carbons (Fsp3) is 0.333. The van der Waals surface area contributed by atoms with Gasteiger partial charge in [0.1, 0.15) is 11.6 Å². The van der Waals surface area contributed by atoms with Crippen molar-refractivity contribution in [1.82, 2.24) is 10.2 Å². The van der Waals surface area contributed by atoms with Crippen LogP contribution in [0.3, 0.4) is 0 Å². The third-order valence-corrected chi connectivity index (χ3v) is 4.62. The zero-order valence-electron chi connectivity index (χ0n) is 16.0. The van der Waals surface area contributed by atoms with Crippen molar-refractivity contribution in [2.45, 2.75) is 26.3 Å². The van der Waals surface area contributed by atoms with Crippen LogP contribution in [0.1, 0.15) is 35.7 Å². The van der Waals surface area contributed by atoms with E-state index in [1.54, 1.807) is 43.4 Å². The highest BCUT2D eigenvalue weighted by Gasteiger charge is 2.14. The summed E-state index contributed by atoms with van der Waals surface area (Å²) in [5, 5.41) is 2.59. The van der Waals surface area contributed by atoms with Gasteiger partial charge in [-0.2, -0.15) is 0 Å². The van der Waals surface area contributed by atoms with E-state index in [1.807, 2.05) is 0 Å². The van der Waals surface area contributed by atoms with Gasteiger partial charge in [0.15, 0.2) is 0 Å². The molecule has 5 nitrogen and oxygen atoms in total. The topological polar surface area (TPSA) is 58.6 Å². The van der Waals surface area contributed by atoms with Crippen molar-refractivity contribution >= 4 is 27.7 Å². The molecule has 2 amide bonds. The molecule has 0 aliphatic rings. The number of carbonyl (C=O) groups is 2. The van der Waals surface area contributed by atoms with Gasteiger partial charge in [-0.05, 0) is 48.9 Å². The number of halogens is 2. The summed E-state index contributed by atoms with van der Waals surface area (Å²) >= 11 is 3.29. The standard InChI is InChI=1S/C21H24BrFN2O3/c1-3-4-11-28-18-8-5-15(6-9-18)21(27)24-13-20(26)25(2)14-16-12-17(22)7-10-19(16)23/h5-10,12H,3-4,11,13-14H2,1-2H3,(H,24,27). The first-order valence-electron chi connectivity index (χ1n) is 9.09. The minimum absolute atomic E-state index is 0.115. The summed E-state index contributed by atoms with van der Waals surface area (Å²) in [6.45, 7) is 2.68. The van der Waals surface area contributed by atoms with Gasteiger partial charge in [0, 0.05) is 29.2 Å². The number of unbranched alkanes of at least 4 members (excludes halogenated alkanes) is 1. The maximum Gasteiger partial charge on any atom is 0.251 e. The van der Waals surface area contributed by atoms with Gasteiger partial charge in [0.25, 0.3) is 5.91 Å². The van der Waals surface area contributed by atoms with Gasteiger partial charge in [-0.1, -0.05) is 29.3 Å². The minimum atomic E-state index is -0.381. The number of nitrogens with zero attached hydrogens (tertiary/aromatic N) is 1. The lowest BCUT2D eigenvalue weighted by Crippen LogP contribution is -2.37. The monoisotopic (exact) mass is 450 g/mol. The number of nitrogens with one attached hydrogen (secondary N) is 1. The van der Waals surface area contributed by atoms with Crippen LogP contribution >= 0.6 is 15.9 Å². The molecule has 28 heavy (non-hydrogen) atoms. The molecular formula is C21H24BrFN2O3. The lowest BCUT2D eigenvalue weighted by Gasteiger charge is -2.18. The number of amides is 2. The maximum absolute atomic E-state index is 13.8. The fourth-order valence-corrected chi connectivity index (χ4v) is 2.85. The van der Waals surface area contributed by atoms with Crippen molar-refractivity contribution in [2.75, 3.05) is 20.2 Å². The quantitative estimate of drug-likeness (QED) is 0.583. The molecule has 2 aromatic carbocycles. The van der Waals surface area contributed by atoms with Crippen molar-refractivity contribution in [3.05, 3.63) is 63.9 Å². The second-order valence-electron chi connectivity index (χ2n) is 6.39. The third kappa shape index (κ3) is 6.64. The van der Waals surface area contributed by atoms with Gasteiger partial charge >= 0.3 is 0 Å². The molecule has 1 N–H and O–H groups in total. The number of benzene rings is 2. The van der Waals surface area contributed by atoms with Gasteiger partial charge in [-0.15, -0.1) is 0 Å². The summed E-state index contributed by atoms with van der Waals surface area (Å²) in [4.78, 5) is 25.8. The first-order valence-corrected chi connectivity index (χ1v) is 9.89. The van der Waals surface area contributed by atoms with Crippen LogP contribution in [-0.4, -0.2) is 36.9 Å². The van der Waals surface area contributed by atoms with Gasteiger partial charge < -0.3 is 15.0 Å². The highest BCUT2D eigenvalue weighted by Crippen LogP contribution is 2.17. The Balaban J connectivity index is 1.84. The van der Waals surface area contributed by atoms with Crippen LogP contribution in [0.15, 0.2) is 46.9 Å². The molecule has 7 heteroatoms. The Kier molecular flexibility index (Phi) is 8.44. The fourth-order valence-electron chi connectivity index (χ4n) is 2.44. The Morgan fingerprint density at radius 1 is 1.18 bits per heavy atom. The summed E-state index contributed by atoms with van der Waals surface area (Å²) in [7, 11) is 1.57. The zero-order valence-corrected chi connectivity index (χ0v) is 17.6. The van der Waals surface area contributed by atoms with Gasteiger partial charge in [0.2, 0.25) is 5.91 Å². The average Bonchev–Trinajstić information content (AvgIpc) is 2.69. The predicted octanol–water partition coefficient (Wildman–Crippen LogP) is 4.16. The van der Waals surface area contributed by atoms with E-state index in [4.69, 9.17) is 4.74 Å². The number of hydrogen-bond donors (Lipinski definition) is 1. The van der Waals surface area contributed by atoms with E-state index in [-0.39, 0.29) is 30.7 Å². The van der Waals surface area contributed by atoms with E-state index in [0.717, 1.165) is 17.3 Å². The average molecular weight is 451 g/mol. The van der Waals surface area contributed by atoms with Crippen molar-refractivity contribution in [3.63, 3.8) is 0 Å². The van der Waals surface area contributed by atoms with E-state index in [1.165, 1.54) is 11.0 Å². The van der Waals surface area contributed by atoms with Crippen LogP contribution in [0.2, 0.25) is 0 Å². The molecule has 0 saturated heterocycles. The smallest absolute Gasteiger partial charge is 0.251 e. The Hall–Kier alpha value is -2.41. The van der Waals surface area contributed by atoms with E-state index in [2.05, 4.69) is 28.2 Å². The molecule has 0 spiro atoms. The highest BCUT2D eigenvalue weighted by atomic mass is 79.9. The van der Waals surface area contributed by atoms with Crippen molar-refractivity contribution < 1.29 is 18.7 Å². The zero-order chi connectivity index (χ0) is 20.5. The molecule has 2 rings (SSSR count). The van der Waals surface area contributed by atoms with Crippen molar-refractivity contribution in [1.29, 1.82) is 0 Å². The van der Waals surface area contributed by atoms with Crippen molar-refractivity contribution in [2.24, 2.45) is 0 Å². The summed E-state index contributed by atoms with van der Waals surface area (Å²) in [6, 6.07) is 11.3. The number of rotatable bonds is 9. The Morgan fingerprint density at radius 2 is 1.89 bits per heavy atom. The minimum Gasteiger partial charge on any atom is -0.494 e. The molecule has 0 aromatic heterocycles. The Morgan fingerprint density at radius 3 is 2.57 bits per heavy atom. The normalized spacial score (nSPS) is 10.4. The molecule has 0 aliphatic heterocycles. The SMILES string of the molecule is CCCCOc1ccc(C(=O)NCC(=O)N(C)Cc2cc(Br)ccc2F)cc1. The molecule has 2 aromatic rings. The molecule has 0 unspecified atom stereocenters. The third-order valence-electron chi connectivity index (χ3n) is 4.12. The van der Waals surface area contributed by atoms with E-state index >= 15 is 0 Å². The largest absolute Gasteiger partial charge is 0.494 e. The van der Waals surface area contributed by atoms with Crippen molar-refractivity contribution in [3.8, 4) is 5.75 Å². The second-order valence-corrected chi connectivity index (χ2v) is 7.31. The van der Waals surface area contributed by atoms with Gasteiger partial charge in [-0.25, -0.2) is 4.39 Å². The molecule has 0 atom stereocenters. The predicted molar refractivity (Wildman–Crippen MR) is 110 cm³/mol. The van der Waals surface area contributed by atoms with Gasteiger partial charge in [0.05, 0.1) is 13.2 Å². The van der Waals surface area contributed by atoms with Crippen LogP contribution in [0.4, 0.5) is 4.39 Å². The first-order chi connectivity index (χ1) is 13.4. The number of carbonyl (C=O) groups excluding carboxylic acids is 2. The van der Waals surface area contributed by atoms with Gasteiger partial charge in [-0.3, -0.25) is 9.59 Å². The lowest BCUT2D eigenvalue weighted by atomic mass is 10.2. The number of hydrogen-bond acceptors (Lipinski definition) is 3. The number of ether oxygens (including phenoxy) is 1. The molecule has 150 valence electrons. The summed E-state index contributed by atoms with van der Waals surface area (Å²) in [5.41, 5.74) is 0.839.